The highest BCUT2D eigenvalue weighted by Gasteiger charge is 2.06. The molecule has 0 aliphatic rings. The molecule has 1 aromatic heterocycles. The lowest BCUT2D eigenvalue weighted by molar-refractivity contribution is 0.0661. The number of carbonyl (C=O) groups is 2. The molecule has 1 rings (SSSR count). The van der Waals surface area contributed by atoms with Gasteiger partial charge in [-0.3, -0.25) is 4.79 Å². The molecule has 52 valence electrons. The maximum atomic E-state index is 10.1. The van der Waals surface area contributed by atoms with Crippen LogP contribution in [0, 0.1) is 0 Å². The lowest BCUT2D eigenvalue weighted by Crippen LogP contribution is -1.91. The second-order valence-corrected chi connectivity index (χ2v) is 1.63. The van der Waals surface area contributed by atoms with Gasteiger partial charge in [0.15, 0.2) is 12.0 Å². The number of rotatable bonds is 2. The topological polar surface area (TPSA) is 67.5 Å². The molecule has 0 bridgehead atoms. The first-order chi connectivity index (χ1) is 4.74. The predicted molar refractivity (Wildman–Crippen MR) is 31.1 cm³/mol. The molecule has 0 atom stereocenters. The second kappa shape index (κ2) is 2.34. The van der Waals surface area contributed by atoms with Crippen LogP contribution >= 0.6 is 0 Å². The first-order valence-corrected chi connectivity index (χ1v) is 2.52. The molecule has 1 heterocycles. The van der Waals surface area contributed by atoms with Crippen molar-refractivity contribution in [2.45, 2.75) is 0 Å². The van der Waals surface area contributed by atoms with Crippen molar-refractivity contribution in [3.05, 3.63) is 23.7 Å². The molecule has 0 radical (unpaired) electrons. The van der Waals surface area contributed by atoms with E-state index in [4.69, 9.17) is 5.11 Å². The Morgan fingerprint density at radius 2 is 2.30 bits per heavy atom. The van der Waals surface area contributed by atoms with Crippen LogP contribution in [-0.4, -0.2) is 17.4 Å². The van der Waals surface area contributed by atoms with Crippen LogP contribution < -0.4 is 0 Å². The molecule has 0 aromatic carbocycles. The van der Waals surface area contributed by atoms with E-state index in [9.17, 15) is 9.59 Å². The van der Waals surface area contributed by atoms with Crippen LogP contribution in [0.1, 0.15) is 21.1 Å². The van der Waals surface area contributed by atoms with E-state index in [1.165, 1.54) is 12.1 Å². The molecule has 0 amide bonds. The van der Waals surface area contributed by atoms with E-state index >= 15 is 0 Å². The SMILES string of the molecule is [18O]=Cc1ccc(C(=[18O])[18OH])o1. The zero-order valence-electron chi connectivity index (χ0n) is 4.90. The number of hydrogen-bond donors (Lipinski definition) is 1. The van der Waals surface area contributed by atoms with Crippen molar-refractivity contribution in [2.24, 2.45) is 0 Å². The molecule has 4 heteroatoms. The lowest BCUT2D eigenvalue weighted by atomic mass is 10.4. The Kier molecular flexibility index (Phi) is 1.53. The normalized spacial score (nSPS) is 9.20. The third-order valence-electron chi connectivity index (χ3n) is 0.954. The van der Waals surface area contributed by atoms with Crippen molar-refractivity contribution >= 4 is 12.3 Å². The molecule has 1 N–H and O–H groups in total. The van der Waals surface area contributed by atoms with Crippen LogP contribution in [0.15, 0.2) is 16.5 Å². The summed E-state index contributed by atoms with van der Waals surface area (Å²) in [6, 6.07) is 2.53. The van der Waals surface area contributed by atoms with Gasteiger partial charge in [-0.25, -0.2) is 4.79 Å². The quantitative estimate of drug-likeness (QED) is 0.494. The van der Waals surface area contributed by atoms with Crippen LogP contribution in [0.2, 0.25) is 0 Å². The summed E-state index contributed by atoms with van der Waals surface area (Å²) >= 11 is 0. The van der Waals surface area contributed by atoms with E-state index in [0.717, 1.165) is 0 Å². The van der Waals surface area contributed by atoms with E-state index in [1.54, 1.807) is 0 Å². The number of aldehydes is 1. The molecule has 10 heavy (non-hydrogen) atoms. The van der Waals surface area contributed by atoms with E-state index in [2.05, 4.69) is 4.42 Å². The Balaban J connectivity index is 2.98. The highest BCUT2D eigenvalue weighted by Crippen LogP contribution is 2.04. The molecule has 0 fully saturated rings. The van der Waals surface area contributed by atoms with Gasteiger partial charge in [-0.1, -0.05) is 0 Å². The van der Waals surface area contributed by atoms with Crippen LogP contribution in [0.5, 0.6) is 0 Å². The number of carbonyl (C=O) groups excluding carboxylic acids is 1. The summed E-state index contributed by atoms with van der Waals surface area (Å²) in [7, 11) is 0. The van der Waals surface area contributed by atoms with Gasteiger partial charge in [0.2, 0.25) is 5.76 Å². The average molecular weight is 146 g/mol. The van der Waals surface area contributed by atoms with Gasteiger partial charge in [0.05, 0.1) is 0 Å². The van der Waals surface area contributed by atoms with E-state index in [1.807, 2.05) is 0 Å². The second-order valence-electron chi connectivity index (χ2n) is 1.63. The van der Waals surface area contributed by atoms with Crippen LogP contribution in [0.3, 0.4) is 0 Å². The minimum Gasteiger partial charge on any atom is -0.475 e. The lowest BCUT2D eigenvalue weighted by Gasteiger charge is -1.81. The summed E-state index contributed by atoms with van der Waals surface area (Å²) in [4.78, 5) is 20.1. The van der Waals surface area contributed by atoms with Gasteiger partial charge >= 0.3 is 5.97 Å². The Morgan fingerprint density at radius 1 is 1.60 bits per heavy atom. The fourth-order valence-electron chi connectivity index (χ4n) is 0.531. The number of aromatic carboxylic acids is 1. The highest BCUT2D eigenvalue weighted by atomic mass is 18.2. The molecule has 0 saturated carbocycles. The molecule has 0 unspecified atom stereocenters. The molecule has 0 saturated heterocycles. The zero-order valence-corrected chi connectivity index (χ0v) is 4.90. The molecular weight excluding hydrogens is 142 g/mol. The molecule has 0 spiro atoms. The van der Waals surface area contributed by atoms with Gasteiger partial charge in [0, 0.05) is 0 Å². The van der Waals surface area contributed by atoms with Crippen molar-refractivity contribution in [2.75, 3.05) is 0 Å². The molecule has 0 aliphatic carbocycles. The molecular formula is C6H4O4. The minimum atomic E-state index is -1.17. The predicted octanol–water partition coefficient (Wildman–Crippen LogP) is 0.790. The van der Waals surface area contributed by atoms with Gasteiger partial charge in [-0.05, 0) is 12.1 Å². The summed E-state index contributed by atoms with van der Waals surface area (Å²) < 4.78 is 4.53. The first kappa shape index (κ1) is 6.54. The van der Waals surface area contributed by atoms with Crippen molar-refractivity contribution in [1.82, 2.24) is 0 Å². The Morgan fingerprint density at radius 3 is 2.60 bits per heavy atom. The van der Waals surface area contributed by atoms with Crippen molar-refractivity contribution in [1.29, 1.82) is 0 Å². The van der Waals surface area contributed by atoms with E-state index in [-0.39, 0.29) is 11.5 Å². The Bertz CT molecular complexity index is 260. The number of carboxylic acids is 1. The average Bonchev–Trinajstić information content (AvgIpc) is 2.34. The van der Waals surface area contributed by atoms with E-state index in [0.29, 0.717) is 6.29 Å². The minimum absolute atomic E-state index is 0.0254. The van der Waals surface area contributed by atoms with Gasteiger partial charge in [0.1, 0.15) is 0 Å². The summed E-state index contributed by atoms with van der Waals surface area (Å²) in [5.74, 6) is -1.37. The monoisotopic (exact) mass is 146 g/mol. The van der Waals surface area contributed by atoms with Gasteiger partial charge < -0.3 is 9.52 Å². The first-order valence-electron chi connectivity index (χ1n) is 2.52. The molecule has 0 aliphatic heterocycles. The largest absolute Gasteiger partial charge is 0.475 e. The van der Waals surface area contributed by atoms with Crippen LogP contribution in [0.4, 0.5) is 0 Å². The fourth-order valence-corrected chi connectivity index (χ4v) is 0.531. The summed E-state index contributed by atoms with van der Waals surface area (Å²) in [5.41, 5.74) is 0. The number of hydrogen-bond acceptors (Lipinski definition) is 3. The number of carboxylic acid groups (broad SMARTS) is 1. The van der Waals surface area contributed by atoms with Crippen molar-refractivity contribution < 1.29 is 19.1 Å². The van der Waals surface area contributed by atoms with Crippen LogP contribution in [-0.2, 0) is 0 Å². The van der Waals surface area contributed by atoms with Gasteiger partial charge in [-0.15, -0.1) is 0 Å². The summed E-state index contributed by atoms with van der Waals surface area (Å²) in [5, 5.41) is 8.28. The Labute approximate surface area is 56.1 Å². The third kappa shape index (κ3) is 1.05. The highest BCUT2D eigenvalue weighted by molar-refractivity contribution is 5.85. The zero-order chi connectivity index (χ0) is 7.56. The van der Waals surface area contributed by atoms with Crippen molar-refractivity contribution in [3.8, 4) is 0 Å². The van der Waals surface area contributed by atoms with E-state index < -0.39 is 5.97 Å². The fraction of sp³-hybridized carbons (Fsp3) is 0. The maximum absolute atomic E-state index is 10.1. The standard InChI is InChI=1S/C6H4O4/c7-3-4-1-2-5(10-4)6(8)9/h1-3H,(H,8,9)/i7+2,8+2,9+2. The Hall–Kier alpha value is -1.58. The van der Waals surface area contributed by atoms with Crippen molar-refractivity contribution in [3.63, 3.8) is 0 Å². The number of furan rings is 1. The molecule has 4 nitrogen and oxygen atoms in total. The summed E-state index contributed by atoms with van der Waals surface area (Å²) in [6.07, 6.45) is 0.451. The van der Waals surface area contributed by atoms with Gasteiger partial charge in [0.25, 0.3) is 0 Å². The summed E-state index contributed by atoms with van der Waals surface area (Å²) in [6.45, 7) is 0. The third-order valence-corrected chi connectivity index (χ3v) is 0.954. The van der Waals surface area contributed by atoms with Crippen LogP contribution in [0.25, 0.3) is 0 Å². The molecule has 1 aromatic rings. The van der Waals surface area contributed by atoms with Gasteiger partial charge in [-0.2, -0.15) is 0 Å². The maximum Gasteiger partial charge on any atom is 0.371 e. The smallest absolute Gasteiger partial charge is 0.371 e.